The maximum Gasteiger partial charge on any atom is 0.227 e. The number of hydrogen-bond donors (Lipinski definition) is 1. The zero-order chi connectivity index (χ0) is 25.3. The lowest BCUT2D eigenvalue weighted by Gasteiger charge is -2.28. The molecule has 1 saturated heterocycles. The Hall–Kier alpha value is -2.71. The summed E-state index contributed by atoms with van der Waals surface area (Å²) in [5.41, 5.74) is 2.95. The van der Waals surface area contributed by atoms with Crippen LogP contribution < -0.4 is 4.74 Å². The number of ether oxygens (including phenoxy) is 3. The van der Waals surface area contributed by atoms with Crippen LogP contribution in [-0.2, 0) is 22.4 Å². The molecule has 1 aromatic heterocycles. The van der Waals surface area contributed by atoms with Crippen LogP contribution >= 0.6 is 0 Å². The number of aryl methyl sites for hydroxylation is 1. The summed E-state index contributed by atoms with van der Waals surface area (Å²) in [5, 5.41) is 15.7. The molecule has 194 valence electrons. The average Bonchev–Trinajstić information content (AvgIpc) is 3.52. The molecular formula is C29H39N3O4. The molecule has 1 aliphatic rings. The van der Waals surface area contributed by atoms with E-state index in [4.69, 9.17) is 19.3 Å². The van der Waals surface area contributed by atoms with Gasteiger partial charge >= 0.3 is 0 Å². The van der Waals surface area contributed by atoms with E-state index < -0.39 is 6.10 Å². The van der Waals surface area contributed by atoms with Crippen LogP contribution in [0.1, 0.15) is 44.9 Å². The SMILES string of the molecule is CCc1nn(-c2ccccc2)c(Oc2ccccc2)c1CN(C[C@@H](O)COC(C)C)C[C@@H]1CCCO1. The fourth-order valence-corrected chi connectivity index (χ4v) is 4.53. The minimum atomic E-state index is -0.596. The van der Waals surface area contributed by atoms with Gasteiger partial charge < -0.3 is 19.3 Å². The van der Waals surface area contributed by atoms with Crippen molar-refractivity contribution in [3.05, 3.63) is 71.9 Å². The van der Waals surface area contributed by atoms with E-state index in [0.29, 0.717) is 25.6 Å². The van der Waals surface area contributed by atoms with Crippen molar-refractivity contribution in [3.8, 4) is 17.3 Å². The Labute approximate surface area is 214 Å². The summed E-state index contributed by atoms with van der Waals surface area (Å²) in [6, 6.07) is 19.9. The molecule has 0 radical (unpaired) electrons. The Morgan fingerprint density at radius 1 is 1.11 bits per heavy atom. The molecule has 4 rings (SSSR count). The van der Waals surface area contributed by atoms with Gasteiger partial charge in [-0.2, -0.15) is 5.10 Å². The van der Waals surface area contributed by atoms with Gasteiger partial charge in [-0.25, -0.2) is 4.68 Å². The minimum Gasteiger partial charge on any atom is -0.439 e. The van der Waals surface area contributed by atoms with E-state index in [-0.39, 0.29) is 12.2 Å². The molecule has 0 bridgehead atoms. The first-order chi connectivity index (χ1) is 17.5. The fourth-order valence-electron chi connectivity index (χ4n) is 4.53. The molecule has 2 heterocycles. The summed E-state index contributed by atoms with van der Waals surface area (Å²) >= 11 is 0. The molecule has 2 aromatic carbocycles. The molecule has 1 N–H and O–H groups in total. The van der Waals surface area contributed by atoms with Crippen molar-refractivity contribution >= 4 is 0 Å². The number of benzene rings is 2. The molecule has 0 saturated carbocycles. The van der Waals surface area contributed by atoms with Crippen molar-refractivity contribution in [2.45, 2.75) is 64.9 Å². The standard InChI is InChI=1S/C29H39N3O4/c1-4-28-27(20-31(19-26-16-11-17-34-26)18-24(33)21-35-22(2)3)29(36-25-14-9-6-10-15-25)32(30-28)23-12-7-5-8-13-23/h5-10,12-15,22,24,26,33H,4,11,16-21H2,1-3H3/t24-,26+/m1/s1. The van der Waals surface area contributed by atoms with Crippen LogP contribution in [-0.4, -0.2) is 64.4 Å². The second kappa shape index (κ2) is 13.0. The highest BCUT2D eigenvalue weighted by Gasteiger charge is 2.26. The second-order valence-electron chi connectivity index (χ2n) is 9.61. The van der Waals surface area contributed by atoms with Gasteiger partial charge in [-0.1, -0.05) is 43.3 Å². The van der Waals surface area contributed by atoms with Crippen LogP contribution in [0.2, 0.25) is 0 Å². The zero-order valence-corrected chi connectivity index (χ0v) is 21.7. The molecule has 7 heteroatoms. The Morgan fingerprint density at radius 2 is 1.83 bits per heavy atom. The maximum atomic E-state index is 10.8. The molecule has 36 heavy (non-hydrogen) atoms. The van der Waals surface area contributed by atoms with Gasteiger partial charge in [-0.3, -0.25) is 4.90 Å². The molecule has 7 nitrogen and oxygen atoms in total. The van der Waals surface area contributed by atoms with Crippen molar-refractivity contribution in [2.24, 2.45) is 0 Å². The van der Waals surface area contributed by atoms with Crippen LogP contribution in [0.4, 0.5) is 0 Å². The van der Waals surface area contributed by atoms with Gasteiger partial charge in [0.2, 0.25) is 5.88 Å². The minimum absolute atomic E-state index is 0.0768. The fraction of sp³-hybridized carbons (Fsp3) is 0.483. The molecular weight excluding hydrogens is 454 g/mol. The molecule has 1 aliphatic heterocycles. The number of aliphatic hydroxyl groups is 1. The highest BCUT2D eigenvalue weighted by Crippen LogP contribution is 2.32. The molecule has 0 unspecified atom stereocenters. The number of rotatable bonds is 13. The smallest absolute Gasteiger partial charge is 0.227 e. The molecule has 0 spiro atoms. The zero-order valence-electron chi connectivity index (χ0n) is 21.7. The Morgan fingerprint density at radius 3 is 2.47 bits per heavy atom. The summed E-state index contributed by atoms with van der Waals surface area (Å²) in [6.07, 6.45) is 2.52. The van der Waals surface area contributed by atoms with Crippen LogP contribution in [0, 0.1) is 0 Å². The third kappa shape index (κ3) is 7.17. The van der Waals surface area contributed by atoms with Gasteiger partial charge in [0.25, 0.3) is 0 Å². The predicted molar refractivity (Wildman–Crippen MR) is 141 cm³/mol. The van der Waals surface area contributed by atoms with Gasteiger partial charge in [0.05, 0.1) is 41.9 Å². The lowest BCUT2D eigenvalue weighted by atomic mass is 10.1. The van der Waals surface area contributed by atoms with Crippen LogP contribution in [0.3, 0.4) is 0 Å². The molecule has 1 fully saturated rings. The van der Waals surface area contributed by atoms with E-state index in [1.165, 1.54) is 0 Å². The number of nitrogens with zero attached hydrogens (tertiary/aromatic N) is 3. The van der Waals surface area contributed by atoms with E-state index in [9.17, 15) is 5.11 Å². The van der Waals surface area contributed by atoms with Gasteiger partial charge in [-0.15, -0.1) is 0 Å². The van der Waals surface area contributed by atoms with E-state index in [1.807, 2.05) is 79.2 Å². The topological polar surface area (TPSA) is 69.0 Å². The first kappa shape index (κ1) is 26.4. The Balaban J connectivity index is 1.66. The second-order valence-corrected chi connectivity index (χ2v) is 9.61. The largest absolute Gasteiger partial charge is 0.439 e. The lowest BCUT2D eigenvalue weighted by Crippen LogP contribution is -2.39. The van der Waals surface area contributed by atoms with E-state index >= 15 is 0 Å². The third-order valence-corrected chi connectivity index (χ3v) is 6.27. The predicted octanol–water partition coefficient (Wildman–Crippen LogP) is 4.99. The molecule has 3 aromatic rings. The van der Waals surface area contributed by atoms with Crippen LogP contribution in [0.5, 0.6) is 11.6 Å². The summed E-state index contributed by atoms with van der Waals surface area (Å²) in [7, 11) is 0. The Bertz CT molecular complexity index is 1050. The number of para-hydroxylation sites is 2. The van der Waals surface area contributed by atoms with Crippen molar-refractivity contribution in [3.63, 3.8) is 0 Å². The number of aromatic nitrogens is 2. The summed E-state index contributed by atoms with van der Waals surface area (Å²) < 4.78 is 20.0. The van der Waals surface area contributed by atoms with Crippen LogP contribution in [0.25, 0.3) is 5.69 Å². The third-order valence-electron chi connectivity index (χ3n) is 6.27. The normalized spacial score (nSPS) is 16.7. The quantitative estimate of drug-likeness (QED) is 0.362. The summed E-state index contributed by atoms with van der Waals surface area (Å²) in [5.74, 6) is 1.46. The average molecular weight is 494 g/mol. The summed E-state index contributed by atoms with van der Waals surface area (Å²) in [4.78, 5) is 2.26. The van der Waals surface area contributed by atoms with E-state index in [1.54, 1.807) is 0 Å². The maximum absolute atomic E-state index is 10.8. The highest BCUT2D eigenvalue weighted by molar-refractivity contribution is 5.43. The molecule has 0 aliphatic carbocycles. The Kier molecular flexibility index (Phi) is 9.53. The van der Waals surface area contributed by atoms with Crippen molar-refractivity contribution in [1.82, 2.24) is 14.7 Å². The highest BCUT2D eigenvalue weighted by atomic mass is 16.5. The number of aliphatic hydroxyl groups excluding tert-OH is 1. The van der Waals surface area contributed by atoms with Gasteiger partial charge in [0.1, 0.15) is 5.75 Å². The van der Waals surface area contributed by atoms with Gasteiger partial charge in [0.15, 0.2) is 0 Å². The van der Waals surface area contributed by atoms with Crippen molar-refractivity contribution < 1.29 is 19.3 Å². The number of hydrogen-bond acceptors (Lipinski definition) is 6. The van der Waals surface area contributed by atoms with Gasteiger partial charge in [0, 0.05) is 26.2 Å². The van der Waals surface area contributed by atoms with Gasteiger partial charge in [-0.05, 0) is 57.4 Å². The monoisotopic (exact) mass is 493 g/mol. The van der Waals surface area contributed by atoms with Crippen molar-refractivity contribution in [2.75, 3.05) is 26.3 Å². The lowest BCUT2D eigenvalue weighted by molar-refractivity contribution is -0.0173. The van der Waals surface area contributed by atoms with E-state index in [0.717, 1.165) is 55.1 Å². The van der Waals surface area contributed by atoms with E-state index in [2.05, 4.69) is 11.8 Å². The first-order valence-electron chi connectivity index (χ1n) is 13.1. The molecule has 0 amide bonds. The first-order valence-corrected chi connectivity index (χ1v) is 13.1. The van der Waals surface area contributed by atoms with Crippen molar-refractivity contribution in [1.29, 1.82) is 0 Å². The summed E-state index contributed by atoms with van der Waals surface area (Å²) in [6.45, 7) is 8.99. The van der Waals surface area contributed by atoms with Crippen LogP contribution in [0.15, 0.2) is 60.7 Å². The molecule has 2 atom stereocenters.